The Labute approximate surface area is 210 Å². The van der Waals surface area contributed by atoms with Crippen LogP contribution in [0.5, 0.6) is 0 Å². The molecule has 3 fully saturated rings. The first kappa shape index (κ1) is 25.0. The summed E-state index contributed by atoms with van der Waals surface area (Å²) in [5.41, 5.74) is 2.32. The third-order valence-corrected chi connectivity index (χ3v) is 9.23. The number of carbonyl (C=O) groups is 1. The molecule has 2 heterocycles. The molecule has 1 aromatic carbocycles. The summed E-state index contributed by atoms with van der Waals surface area (Å²) < 4.78 is 24.0. The summed E-state index contributed by atoms with van der Waals surface area (Å²) in [6.45, 7) is 7.40. The molecule has 5 heteroatoms. The van der Waals surface area contributed by atoms with Gasteiger partial charge >= 0.3 is 5.97 Å². The van der Waals surface area contributed by atoms with Crippen LogP contribution >= 0.6 is 0 Å². The van der Waals surface area contributed by atoms with Crippen molar-refractivity contribution >= 4 is 5.97 Å². The second kappa shape index (κ2) is 10.7. The maximum atomic E-state index is 13.5. The molecule has 0 radical (unpaired) electrons. The Morgan fingerprint density at radius 3 is 2.74 bits per heavy atom. The maximum Gasteiger partial charge on any atom is 0.313 e. The van der Waals surface area contributed by atoms with E-state index in [9.17, 15) is 4.79 Å². The first-order valence-corrected chi connectivity index (χ1v) is 13.8. The second-order valence-electron chi connectivity index (χ2n) is 11.4. The number of rotatable bonds is 10. The van der Waals surface area contributed by atoms with Gasteiger partial charge in [0.15, 0.2) is 6.29 Å². The van der Waals surface area contributed by atoms with E-state index in [1.807, 2.05) is 6.07 Å². The van der Waals surface area contributed by atoms with Gasteiger partial charge in [0.25, 0.3) is 0 Å². The largest absolute Gasteiger partial charge is 0.461 e. The van der Waals surface area contributed by atoms with Gasteiger partial charge in [-0.2, -0.15) is 0 Å². The Bertz CT molecular complexity index is 891. The highest BCUT2D eigenvalue weighted by atomic mass is 16.7. The summed E-state index contributed by atoms with van der Waals surface area (Å²) in [6, 6.07) is 10.4. The summed E-state index contributed by atoms with van der Waals surface area (Å²) in [5, 5.41) is 0. The van der Waals surface area contributed by atoms with Gasteiger partial charge in [0.1, 0.15) is 6.10 Å². The first-order chi connectivity index (χ1) is 17.0. The quantitative estimate of drug-likeness (QED) is 0.225. The van der Waals surface area contributed by atoms with Crippen LogP contribution < -0.4 is 0 Å². The fourth-order valence-electron chi connectivity index (χ4n) is 7.16. The number of benzene rings is 1. The lowest BCUT2D eigenvalue weighted by Gasteiger charge is -2.50. The number of ether oxygens (including phenoxy) is 4. The van der Waals surface area contributed by atoms with Crippen LogP contribution in [0.25, 0.3) is 0 Å². The SMILES string of the molecule is C[C@@H]1CC=C2[C@H]3[C@@H](CC[C@@]2(C)CCCOCc2ccccc2)OC(=O)[C@@]13CCOC1CCCCO1. The lowest BCUT2D eigenvalue weighted by atomic mass is 9.51. The zero-order valence-corrected chi connectivity index (χ0v) is 21.5. The molecule has 0 spiro atoms. The van der Waals surface area contributed by atoms with Crippen molar-refractivity contribution in [2.45, 2.75) is 90.6 Å². The molecule has 1 saturated carbocycles. The monoisotopic (exact) mass is 482 g/mol. The Balaban J connectivity index is 1.23. The van der Waals surface area contributed by atoms with Crippen LogP contribution in [0.3, 0.4) is 0 Å². The average molecular weight is 483 g/mol. The minimum atomic E-state index is -0.463. The molecular weight excluding hydrogens is 440 g/mol. The molecule has 0 bridgehead atoms. The molecule has 5 rings (SSSR count). The number of hydrogen-bond acceptors (Lipinski definition) is 5. The molecule has 5 nitrogen and oxygen atoms in total. The van der Waals surface area contributed by atoms with E-state index in [-0.39, 0.29) is 35.6 Å². The molecule has 192 valence electrons. The Kier molecular flexibility index (Phi) is 7.66. The molecule has 2 aliphatic carbocycles. The first-order valence-electron chi connectivity index (χ1n) is 13.8. The van der Waals surface area contributed by atoms with Gasteiger partial charge < -0.3 is 18.9 Å². The van der Waals surface area contributed by atoms with Crippen LogP contribution in [-0.4, -0.2) is 38.2 Å². The third-order valence-electron chi connectivity index (χ3n) is 9.23. The van der Waals surface area contributed by atoms with Crippen LogP contribution in [0, 0.1) is 22.7 Å². The van der Waals surface area contributed by atoms with E-state index in [1.54, 1.807) is 0 Å². The molecular formula is C30H42O5. The van der Waals surface area contributed by atoms with Gasteiger partial charge in [0.2, 0.25) is 0 Å². The van der Waals surface area contributed by atoms with Gasteiger partial charge in [-0.1, -0.05) is 55.8 Å². The predicted octanol–water partition coefficient (Wildman–Crippen LogP) is 6.21. The Morgan fingerprint density at radius 1 is 1.09 bits per heavy atom. The van der Waals surface area contributed by atoms with Crippen molar-refractivity contribution in [1.29, 1.82) is 0 Å². The molecule has 0 aromatic heterocycles. The fourth-order valence-corrected chi connectivity index (χ4v) is 7.16. The summed E-state index contributed by atoms with van der Waals surface area (Å²) in [4.78, 5) is 13.5. The number of allylic oxidation sites excluding steroid dienone is 1. The van der Waals surface area contributed by atoms with E-state index < -0.39 is 5.41 Å². The van der Waals surface area contributed by atoms with E-state index in [0.29, 0.717) is 13.2 Å². The van der Waals surface area contributed by atoms with Crippen LogP contribution in [-0.2, 0) is 30.3 Å². The van der Waals surface area contributed by atoms with E-state index in [0.717, 1.165) is 71.0 Å². The molecule has 35 heavy (non-hydrogen) atoms. The molecule has 1 aromatic rings. The van der Waals surface area contributed by atoms with Crippen LogP contribution in [0.15, 0.2) is 42.0 Å². The lowest BCUT2D eigenvalue weighted by Crippen LogP contribution is -2.49. The van der Waals surface area contributed by atoms with Crippen molar-refractivity contribution < 1.29 is 23.7 Å². The van der Waals surface area contributed by atoms with Gasteiger partial charge in [-0.05, 0) is 74.7 Å². The molecule has 2 aliphatic heterocycles. The van der Waals surface area contributed by atoms with Gasteiger partial charge in [-0.25, -0.2) is 0 Å². The molecule has 1 unspecified atom stereocenters. The fraction of sp³-hybridized carbons (Fsp3) is 0.700. The summed E-state index contributed by atoms with van der Waals surface area (Å²) in [7, 11) is 0. The van der Waals surface area contributed by atoms with E-state index in [4.69, 9.17) is 18.9 Å². The van der Waals surface area contributed by atoms with Gasteiger partial charge in [-0.3, -0.25) is 4.79 Å². The topological polar surface area (TPSA) is 54.0 Å². The van der Waals surface area contributed by atoms with Gasteiger partial charge in [-0.15, -0.1) is 0 Å². The summed E-state index contributed by atoms with van der Waals surface area (Å²) >= 11 is 0. The smallest absolute Gasteiger partial charge is 0.313 e. The molecule has 0 N–H and O–H groups in total. The van der Waals surface area contributed by atoms with E-state index in [2.05, 4.69) is 44.2 Å². The summed E-state index contributed by atoms with van der Waals surface area (Å²) in [6.07, 6.45) is 11.4. The van der Waals surface area contributed by atoms with Crippen molar-refractivity contribution in [2.24, 2.45) is 22.7 Å². The molecule has 4 aliphatic rings. The van der Waals surface area contributed by atoms with Crippen LogP contribution in [0.4, 0.5) is 0 Å². The zero-order valence-electron chi connectivity index (χ0n) is 21.5. The highest BCUT2D eigenvalue weighted by molar-refractivity contribution is 5.81. The zero-order chi connectivity index (χ0) is 24.3. The van der Waals surface area contributed by atoms with Gasteiger partial charge in [0.05, 0.1) is 18.6 Å². The Morgan fingerprint density at radius 2 is 1.94 bits per heavy atom. The maximum absolute atomic E-state index is 13.5. The molecule has 2 saturated heterocycles. The molecule has 6 atom stereocenters. The minimum Gasteiger partial charge on any atom is -0.461 e. The van der Waals surface area contributed by atoms with Crippen molar-refractivity contribution in [3.8, 4) is 0 Å². The second-order valence-corrected chi connectivity index (χ2v) is 11.4. The van der Waals surface area contributed by atoms with Crippen LogP contribution in [0.2, 0.25) is 0 Å². The minimum absolute atomic E-state index is 0.00852. The third kappa shape index (κ3) is 4.97. The number of hydrogen-bond donors (Lipinski definition) is 0. The van der Waals surface area contributed by atoms with Gasteiger partial charge in [0, 0.05) is 19.1 Å². The predicted molar refractivity (Wildman–Crippen MR) is 134 cm³/mol. The number of carbonyl (C=O) groups excluding carboxylic acids is 1. The summed E-state index contributed by atoms with van der Waals surface area (Å²) in [5.74, 6) is 0.453. The van der Waals surface area contributed by atoms with E-state index >= 15 is 0 Å². The lowest BCUT2D eigenvalue weighted by molar-refractivity contribution is -0.172. The highest BCUT2D eigenvalue weighted by Crippen LogP contribution is 2.63. The molecule has 0 amide bonds. The van der Waals surface area contributed by atoms with Crippen molar-refractivity contribution in [3.05, 3.63) is 47.5 Å². The van der Waals surface area contributed by atoms with Crippen LogP contribution in [0.1, 0.15) is 77.2 Å². The van der Waals surface area contributed by atoms with Crippen molar-refractivity contribution in [3.63, 3.8) is 0 Å². The Hall–Kier alpha value is -1.69. The highest BCUT2D eigenvalue weighted by Gasteiger charge is 2.65. The normalized spacial score (nSPS) is 36.4. The van der Waals surface area contributed by atoms with Crippen molar-refractivity contribution in [2.75, 3.05) is 19.8 Å². The average Bonchev–Trinajstić information content (AvgIpc) is 3.17. The number of esters is 1. The van der Waals surface area contributed by atoms with E-state index in [1.165, 1.54) is 11.1 Å². The van der Waals surface area contributed by atoms with Crippen molar-refractivity contribution in [1.82, 2.24) is 0 Å². The standard InChI is InChI=1S/C30H42O5/c1-22-12-13-24-27-25(35-28(31)30(22,27)17-20-34-26-11-6-7-19-33-26)14-16-29(24,2)15-8-18-32-21-23-9-4-3-5-10-23/h3-5,9-10,13,22,25-27H,6-8,11-12,14-21H2,1-2H3/t22-,25-,26?,27+,29-,30+/m1/s1.